The van der Waals surface area contributed by atoms with Crippen molar-refractivity contribution in [3.63, 3.8) is 0 Å². The summed E-state index contributed by atoms with van der Waals surface area (Å²) in [6, 6.07) is 4.79. The van der Waals surface area contributed by atoms with Crippen LogP contribution in [0.1, 0.15) is 30.4 Å². The third-order valence-corrected chi connectivity index (χ3v) is 5.49. The molecule has 0 saturated carbocycles. The average Bonchev–Trinajstić information content (AvgIpc) is 2.46. The summed E-state index contributed by atoms with van der Waals surface area (Å²) in [6.07, 6.45) is 5.38. The molecular formula is C15H19NO4S. The lowest BCUT2D eigenvalue weighted by molar-refractivity contribution is -0.131. The van der Waals surface area contributed by atoms with Crippen LogP contribution in [0.2, 0.25) is 0 Å². The summed E-state index contributed by atoms with van der Waals surface area (Å²) in [5, 5.41) is 8.63. The predicted molar refractivity (Wildman–Crippen MR) is 80.5 cm³/mol. The first-order valence-corrected chi connectivity index (χ1v) is 8.37. The number of piperidine rings is 1. The van der Waals surface area contributed by atoms with E-state index in [-0.39, 0.29) is 4.90 Å². The molecule has 0 radical (unpaired) electrons. The molecule has 1 aromatic rings. The lowest BCUT2D eigenvalue weighted by Gasteiger charge is -2.26. The SMILES string of the molecule is Cc1cc(S(=O)(=O)N2CCCCC2)ccc1C=CC(=O)O. The third-order valence-electron chi connectivity index (χ3n) is 3.60. The molecular weight excluding hydrogens is 290 g/mol. The van der Waals surface area contributed by atoms with E-state index in [2.05, 4.69) is 0 Å². The van der Waals surface area contributed by atoms with E-state index in [1.165, 1.54) is 10.4 Å². The summed E-state index contributed by atoms with van der Waals surface area (Å²) in [5.74, 6) is -1.03. The van der Waals surface area contributed by atoms with Crippen LogP contribution in [0.15, 0.2) is 29.2 Å². The van der Waals surface area contributed by atoms with Crippen molar-refractivity contribution in [2.75, 3.05) is 13.1 Å². The molecule has 0 spiro atoms. The molecule has 1 aliphatic heterocycles. The fourth-order valence-electron chi connectivity index (χ4n) is 2.41. The first-order valence-electron chi connectivity index (χ1n) is 6.93. The van der Waals surface area contributed by atoms with Gasteiger partial charge in [-0.2, -0.15) is 4.31 Å². The zero-order valence-corrected chi connectivity index (χ0v) is 12.8. The molecule has 1 saturated heterocycles. The largest absolute Gasteiger partial charge is 0.478 e. The van der Waals surface area contributed by atoms with Crippen molar-refractivity contribution >= 4 is 22.1 Å². The lowest BCUT2D eigenvalue weighted by Crippen LogP contribution is -2.35. The summed E-state index contributed by atoms with van der Waals surface area (Å²) in [7, 11) is -3.44. The number of hydrogen-bond acceptors (Lipinski definition) is 3. The van der Waals surface area contributed by atoms with Crippen molar-refractivity contribution in [2.45, 2.75) is 31.1 Å². The summed E-state index contributed by atoms with van der Waals surface area (Å²) < 4.78 is 26.6. The number of aryl methyl sites for hydroxylation is 1. The van der Waals surface area contributed by atoms with Gasteiger partial charge < -0.3 is 5.11 Å². The van der Waals surface area contributed by atoms with Crippen LogP contribution in [0, 0.1) is 6.92 Å². The van der Waals surface area contributed by atoms with E-state index in [0.717, 1.165) is 30.9 Å². The van der Waals surface area contributed by atoms with Crippen LogP contribution in [0.25, 0.3) is 6.08 Å². The Kier molecular flexibility index (Phi) is 4.80. The second kappa shape index (κ2) is 6.41. The van der Waals surface area contributed by atoms with Gasteiger partial charge in [0.25, 0.3) is 0 Å². The zero-order chi connectivity index (χ0) is 15.5. The van der Waals surface area contributed by atoms with Crippen molar-refractivity contribution in [1.29, 1.82) is 0 Å². The number of hydrogen-bond donors (Lipinski definition) is 1. The van der Waals surface area contributed by atoms with E-state index < -0.39 is 16.0 Å². The van der Waals surface area contributed by atoms with Crippen LogP contribution in [0.5, 0.6) is 0 Å². The molecule has 0 aliphatic carbocycles. The average molecular weight is 309 g/mol. The molecule has 0 bridgehead atoms. The Labute approximate surface area is 124 Å². The van der Waals surface area contributed by atoms with Crippen LogP contribution in [0.4, 0.5) is 0 Å². The van der Waals surface area contributed by atoms with Crippen LogP contribution >= 0.6 is 0 Å². The van der Waals surface area contributed by atoms with Gasteiger partial charge in [-0.15, -0.1) is 0 Å². The summed E-state index contributed by atoms with van der Waals surface area (Å²) in [6.45, 7) is 2.92. The number of nitrogens with zero attached hydrogens (tertiary/aromatic N) is 1. The molecule has 1 heterocycles. The monoisotopic (exact) mass is 309 g/mol. The van der Waals surface area contributed by atoms with Gasteiger partial charge >= 0.3 is 5.97 Å². The van der Waals surface area contributed by atoms with Gasteiger partial charge in [0, 0.05) is 19.2 Å². The van der Waals surface area contributed by atoms with E-state index in [9.17, 15) is 13.2 Å². The predicted octanol–water partition coefficient (Wildman–Crippen LogP) is 2.27. The molecule has 21 heavy (non-hydrogen) atoms. The molecule has 1 N–H and O–H groups in total. The molecule has 0 amide bonds. The lowest BCUT2D eigenvalue weighted by atomic mass is 10.1. The van der Waals surface area contributed by atoms with Crippen LogP contribution in [-0.4, -0.2) is 36.9 Å². The summed E-state index contributed by atoms with van der Waals surface area (Å²) in [4.78, 5) is 10.8. The van der Waals surface area contributed by atoms with Crippen LogP contribution < -0.4 is 0 Å². The van der Waals surface area contributed by atoms with Crippen molar-refractivity contribution in [3.8, 4) is 0 Å². The summed E-state index contributed by atoms with van der Waals surface area (Å²) >= 11 is 0. The first-order chi connectivity index (χ1) is 9.91. The summed E-state index contributed by atoms with van der Waals surface area (Å²) in [5.41, 5.74) is 1.44. The van der Waals surface area contributed by atoms with E-state index in [0.29, 0.717) is 18.7 Å². The maximum absolute atomic E-state index is 12.5. The van der Waals surface area contributed by atoms with Crippen molar-refractivity contribution in [3.05, 3.63) is 35.4 Å². The van der Waals surface area contributed by atoms with Gasteiger partial charge in [-0.25, -0.2) is 13.2 Å². The third kappa shape index (κ3) is 3.71. The number of sulfonamides is 1. The second-order valence-electron chi connectivity index (χ2n) is 5.15. The molecule has 0 aromatic heterocycles. The highest BCUT2D eigenvalue weighted by atomic mass is 32.2. The van der Waals surface area contributed by atoms with Gasteiger partial charge in [0.05, 0.1) is 4.90 Å². The van der Waals surface area contributed by atoms with Gasteiger partial charge in [0.1, 0.15) is 0 Å². The second-order valence-corrected chi connectivity index (χ2v) is 7.09. The Bertz CT molecular complexity index is 658. The highest BCUT2D eigenvalue weighted by molar-refractivity contribution is 7.89. The topological polar surface area (TPSA) is 74.7 Å². The smallest absolute Gasteiger partial charge is 0.328 e. The van der Waals surface area contributed by atoms with E-state index in [1.54, 1.807) is 25.1 Å². The molecule has 1 aliphatic rings. The Hall–Kier alpha value is -1.66. The quantitative estimate of drug-likeness (QED) is 0.866. The standard InChI is InChI=1S/C15H19NO4S/c1-12-11-14(7-5-13(12)6-8-15(17)18)21(19,20)16-9-3-2-4-10-16/h5-8,11H,2-4,9-10H2,1H3,(H,17,18). The van der Waals surface area contributed by atoms with Gasteiger partial charge in [0.2, 0.25) is 10.0 Å². The number of carboxylic acids is 1. The van der Waals surface area contributed by atoms with Crippen molar-refractivity contribution in [1.82, 2.24) is 4.31 Å². The molecule has 1 aromatic carbocycles. The molecule has 1 fully saturated rings. The maximum atomic E-state index is 12.5. The van der Waals surface area contributed by atoms with E-state index in [1.807, 2.05) is 0 Å². The fraction of sp³-hybridized carbons (Fsp3) is 0.400. The normalized spacial score (nSPS) is 17.2. The first kappa shape index (κ1) is 15.7. The highest BCUT2D eigenvalue weighted by Gasteiger charge is 2.25. The van der Waals surface area contributed by atoms with Gasteiger partial charge in [0.15, 0.2) is 0 Å². The molecule has 0 atom stereocenters. The number of aliphatic carboxylic acids is 1. The highest BCUT2D eigenvalue weighted by Crippen LogP contribution is 2.23. The zero-order valence-electron chi connectivity index (χ0n) is 11.9. The Morgan fingerprint density at radius 3 is 2.48 bits per heavy atom. The maximum Gasteiger partial charge on any atom is 0.328 e. The van der Waals surface area contributed by atoms with Crippen LogP contribution in [0.3, 0.4) is 0 Å². The minimum absolute atomic E-state index is 0.273. The minimum atomic E-state index is -3.44. The van der Waals surface area contributed by atoms with E-state index >= 15 is 0 Å². The van der Waals surface area contributed by atoms with Crippen LogP contribution in [-0.2, 0) is 14.8 Å². The van der Waals surface area contributed by atoms with Crippen molar-refractivity contribution in [2.24, 2.45) is 0 Å². The van der Waals surface area contributed by atoms with Crippen molar-refractivity contribution < 1.29 is 18.3 Å². The number of carbonyl (C=O) groups is 1. The van der Waals surface area contributed by atoms with E-state index in [4.69, 9.17) is 5.11 Å². The molecule has 2 rings (SSSR count). The Balaban J connectivity index is 2.28. The van der Waals surface area contributed by atoms with Gasteiger partial charge in [-0.3, -0.25) is 0 Å². The Morgan fingerprint density at radius 2 is 1.90 bits per heavy atom. The number of benzene rings is 1. The molecule has 0 unspecified atom stereocenters. The number of carboxylic acid groups (broad SMARTS) is 1. The van der Waals surface area contributed by atoms with Gasteiger partial charge in [-0.1, -0.05) is 12.5 Å². The Morgan fingerprint density at radius 1 is 1.24 bits per heavy atom. The molecule has 114 valence electrons. The number of rotatable bonds is 4. The van der Waals surface area contributed by atoms with Gasteiger partial charge in [-0.05, 0) is 49.1 Å². The fourth-order valence-corrected chi connectivity index (χ4v) is 4.01. The molecule has 6 heteroatoms. The molecule has 5 nitrogen and oxygen atoms in total. The minimum Gasteiger partial charge on any atom is -0.478 e.